The van der Waals surface area contributed by atoms with Gasteiger partial charge in [0.2, 0.25) is 5.91 Å². The number of likely N-dealkylation sites (tertiary alicyclic amines) is 1. The normalized spacial score (nSPS) is 16.3. The lowest BCUT2D eigenvalue weighted by molar-refractivity contribution is -0.124. The van der Waals surface area contributed by atoms with E-state index in [1.54, 1.807) is 0 Å². The highest BCUT2D eigenvalue weighted by atomic mass is 16.1. The molecule has 1 aliphatic heterocycles. The first-order chi connectivity index (χ1) is 15.2. The van der Waals surface area contributed by atoms with E-state index in [1.165, 1.54) is 115 Å². The number of unbranched alkanes of at least 4 members (excludes halogenated alkanes) is 16. The lowest BCUT2D eigenvalue weighted by Crippen LogP contribution is -2.33. The molecule has 1 fully saturated rings. The summed E-state index contributed by atoms with van der Waals surface area (Å²) in [6.45, 7) is 11.5. The summed E-state index contributed by atoms with van der Waals surface area (Å²) in [6, 6.07) is 0. The van der Waals surface area contributed by atoms with Gasteiger partial charge in [0.05, 0.1) is 5.92 Å². The summed E-state index contributed by atoms with van der Waals surface area (Å²) >= 11 is 0. The van der Waals surface area contributed by atoms with Gasteiger partial charge >= 0.3 is 0 Å². The molecular weight excluding hydrogens is 380 g/mol. The van der Waals surface area contributed by atoms with Crippen LogP contribution in [0.4, 0.5) is 0 Å². The molecule has 3 heteroatoms. The van der Waals surface area contributed by atoms with Gasteiger partial charge in [-0.3, -0.25) is 4.79 Å². The van der Waals surface area contributed by atoms with Gasteiger partial charge in [0, 0.05) is 25.3 Å². The molecule has 1 unspecified atom stereocenters. The minimum atomic E-state index is 0.116. The highest BCUT2D eigenvalue weighted by molar-refractivity contribution is 5.79. The number of hydrogen-bond donors (Lipinski definition) is 1. The van der Waals surface area contributed by atoms with E-state index in [-0.39, 0.29) is 11.8 Å². The largest absolute Gasteiger partial charge is 0.374 e. The monoisotopic (exact) mass is 434 g/mol. The Labute approximate surface area is 194 Å². The molecule has 0 aliphatic carbocycles. The van der Waals surface area contributed by atoms with Crippen LogP contribution in [0.5, 0.6) is 0 Å². The van der Waals surface area contributed by atoms with Crippen molar-refractivity contribution in [3.63, 3.8) is 0 Å². The van der Waals surface area contributed by atoms with Gasteiger partial charge in [-0.25, -0.2) is 0 Å². The molecule has 182 valence electrons. The third kappa shape index (κ3) is 14.6. The summed E-state index contributed by atoms with van der Waals surface area (Å²) in [6.07, 6.45) is 25.2. The van der Waals surface area contributed by atoms with Gasteiger partial charge in [-0.1, -0.05) is 123 Å². The lowest BCUT2D eigenvalue weighted by atomic mass is 10.0. The number of rotatable bonds is 21. The molecule has 0 bridgehead atoms. The van der Waals surface area contributed by atoms with Crippen molar-refractivity contribution in [2.75, 3.05) is 19.6 Å². The van der Waals surface area contributed by atoms with Gasteiger partial charge in [-0.05, 0) is 19.3 Å². The summed E-state index contributed by atoms with van der Waals surface area (Å²) in [7, 11) is 0. The second-order valence-electron chi connectivity index (χ2n) is 9.86. The van der Waals surface area contributed by atoms with Crippen molar-refractivity contribution >= 4 is 5.91 Å². The number of amides is 1. The fourth-order valence-electron chi connectivity index (χ4n) is 4.70. The zero-order valence-corrected chi connectivity index (χ0v) is 21.2. The molecule has 31 heavy (non-hydrogen) atoms. The number of hydrogen-bond acceptors (Lipinski definition) is 2. The van der Waals surface area contributed by atoms with Crippen LogP contribution in [0.25, 0.3) is 0 Å². The number of nitrogens with zero attached hydrogens (tertiary/aromatic N) is 1. The molecule has 0 spiro atoms. The Kier molecular flexibility index (Phi) is 17.8. The topological polar surface area (TPSA) is 32.3 Å². The van der Waals surface area contributed by atoms with Crippen LogP contribution in [0.15, 0.2) is 12.3 Å². The number of nitrogens with one attached hydrogen (secondary N) is 1. The van der Waals surface area contributed by atoms with Crippen LogP contribution in [0.3, 0.4) is 0 Å². The third-order valence-corrected chi connectivity index (χ3v) is 6.85. The van der Waals surface area contributed by atoms with E-state index in [9.17, 15) is 4.79 Å². The summed E-state index contributed by atoms with van der Waals surface area (Å²) in [4.78, 5) is 14.8. The van der Waals surface area contributed by atoms with E-state index in [0.717, 1.165) is 32.5 Å². The second-order valence-corrected chi connectivity index (χ2v) is 9.86. The smallest absolute Gasteiger partial charge is 0.225 e. The molecular formula is C28H54N2O. The molecule has 1 heterocycles. The Bertz CT molecular complexity index is 448. The van der Waals surface area contributed by atoms with Gasteiger partial charge in [0.1, 0.15) is 0 Å². The van der Waals surface area contributed by atoms with Crippen molar-refractivity contribution in [3.05, 3.63) is 12.3 Å². The maximum Gasteiger partial charge on any atom is 0.225 e. The summed E-state index contributed by atoms with van der Waals surface area (Å²) < 4.78 is 0. The first kappa shape index (κ1) is 28.0. The van der Waals surface area contributed by atoms with Crippen molar-refractivity contribution in [2.45, 2.75) is 136 Å². The molecule has 1 atom stereocenters. The Balaban J connectivity index is 1.92. The Hall–Kier alpha value is -0.990. The van der Waals surface area contributed by atoms with E-state index in [1.807, 2.05) is 0 Å². The summed E-state index contributed by atoms with van der Waals surface area (Å²) in [5.41, 5.74) is 1.17. The van der Waals surface area contributed by atoms with Crippen molar-refractivity contribution in [1.82, 2.24) is 10.2 Å². The molecule has 1 amide bonds. The molecule has 1 rings (SSSR count). The lowest BCUT2D eigenvalue weighted by Gasteiger charge is -2.19. The van der Waals surface area contributed by atoms with Gasteiger partial charge < -0.3 is 10.2 Å². The van der Waals surface area contributed by atoms with E-state index < -0.39 is 0 Å². The molecule has 1 aliphatic rings. The number of carbonyl (C=O) groups is 1. The Morgan fingerprint density at radius 2 is 1.23 bits per heavy atom. The standard InChI is InChI=1S/C28H54N2O/c1-4-6-8-10-11-12-13-14-15-16-17-18-19-21-23-30-25-27(24-26(30)3)28(31)29-22-20-9-7-5-2/h27H,3-25H2,1-2H3,(H,29,31). The molecule has 3 nitrogen and oxygen atoms in total. The third-order valence-electron chi connectivity index (χ3n) is 6.85. The molecule has 0 saturated carbocycles. The maximum atomic E-state index is 12.4. The molecule has 1 saturated heterocycles. The van der Waals surface area contributed by atoms with Gasteiger partial charge in [0.15, 0.2) is 0 Å². The van der Waals surface area contributed by atoms with Crippen LogP contribution < -0.4 is 5.32 Å². The molecule has 0 aromatic rings. The zero-order chi connectivity index (χ0) is 22.6. The van der Waals surface area contributed by atoms with Crippen LogP contribution in [-0.2, 0) is 4.79 Å². The van der Waals surface area contributed by atoms with Gasteiger partial charge in [-0.15, -0.1) is 0 Å². The minimum Gasteiger partial charge on any atom is -0.374 e. The average molecular weight is 435 g/mol. The number of carbonyl (C=O) groups excluding carboxylic acids is 1. The fraction of sp³-hybridized carbons (Fsp3) is 0.893. The van der Waals surface area contributed by atoms with Crippen LogP contribution in [-0.4, -0.2) is 30.4 Å². The van der Waals surface area contributed by atoms with E-state index in [0.29, 0.717) is 0 Å². The van der Waals surface area contributed by atoms with Crippen molar-refractivity contribution < 1.29 is 4.79 Å². The maximum absolute atomic E-state index is 12.4. The highest BCUT2D eigenvalue weighted by Crippen LogP contribution is 2.26. The second kappa shape index (κ2) is 19.7. The summed E-state index contributed by atoms with van der Waals surface area (Å²) in [5, 5.41) is 3.14. The van der Waals surface area contributed by atoms with Crippen molar-refractivity contribution in [1.29, 1.82) is 0 Å². The van der Waals surface area contributed by atoms with Crippen LogP contribution in [0.1, 0.15) is 136 Å². The molecule has 0 aromatic heterocycles. The quantitative estimate of drug-likeness (QED) is 0.186. The average Bonchev–Trinajstić information content (AvgIpc) is 3.14. The van der Waals surface area contributed by atoms with Crippen LogP contribution in [0, 0.1) is 5.92 Å². The number of allylic oxidation sites excluding steroid dienone is 1. The molecule has 1 N–H and O–H groups in total. The SMILES string of the molecule is C=C1CC(C(=O)NCCCCCC)CN1CCCCCCCCCCCCCCCC. The van der Waals surface area contributed by atoms with E-state index >= 15 is 0 Å². The van der Waals surface area contributed by atoms with Crippen molar-refractivity contribution in [2.24, 2.45) is 5.92 Å². The zero-order valence-electron chi connectivity index (χ0n) is 21.2. The van der Waals surface area contributed by atoms with Crippen LogP contribution in [0.2, 0.25) is 0 Å². The van der Waals surface area contributed by atoms with Gasteiger partial charge in [-0.2, -0.15) is 0 Å². The summed E-state index contributed by atoms with van der Waals surface area (Å²) in [5.74, 6) is 0.353. The van der Waals surface area contributed by atoms with Crippen LogP contribution >= 0.6 is 0 Å². The molecule has 0 radical (unpaired) electrons. The van der Waals surface area contributed by atoms with E-state index in [4.69, 9.17) is 0 Å². The first-order valence-electron chi connectivity index (χ1n) is 13.9. The predicted molar refractivity (Wildman–Crippen MR) is 136 cm³/mol. The van der Waals surface area contributed by atoms with Crippen molar-refractivity contribution in [3.8, 4) is 0 Å². The minimum absolute atomic E-state index is 0.116. The van der Waals surface area contributed by atoms with E-state index in [2.05, 4.69) is 30.6 Å². The highest BCUT2D eigenvalue weighted by Gasteiger charge is 2.29. The predicted octanol–water partition coefficient (Wildman–Crippen LogP) is 8.00. The Morgan fingerprint density at radius 1 is 0.774 bits per heavy atom. The first-order valence-corrected chi connectivity index (χ1v) is 13.9. The fourth-order valence-corrected chi connectivity index (χ4v) is 4.70. The molecule has 0 aromatic carbocycles. The Morgan fingerprint density at radius 3 is 1.74 bits per heavy atom. The van der Waals surface area contributed by atoms with Gasteiger partial charge in [0.25, 0.3) is 0 Å².